The van der Waals surface area contributed by atoms with E-state index in [1.807, 2.05) is 0 Å². The summed E-state index contributed by atoms with van der Waals surface area (Å²) >= 11 is 0. The van der Waals surface area contributed by atoms with Crippen molar-refractivity contribution in [1.82, 2.24) is 4.90 Å². The lowest BCUT2D eigenvalue weighted by Gasteiger charge is -2.52. The van der Waals surface area contributed by atoms with E-state index in [2.05, 4.69) is 25.7 Å². The predicted octanol–water partition coefficient (Wildman–Crippen LogP) is 3.94. The number of hydrogen-bond donors (Lipinski definition) is 1. The molecule has 2 nitrogen and oxygen atoms in total. The fourth-order valence-corrected chi connectivity index (χ4v) is 4.76. The second-order valence-corrected chi connectivity index (χ2v) is 7.42. The van der Waals surface area contributed by atoms with Gasteiger partial charge in [0, 0.05) is 18.1 Å². The van der Waals surface area contributed by atoms with E-state index in [9.17, 15) is 0 Å². The van der Waals surface area contributed by atoms with Crippen molar-refractivity contribution in [1.29, 1.82) is 0 Å². The Morgan fingerprint density at radius 3 is 2.00 bits per heavy atom. The molecule has 0 heterocycles. The van der Waals surface area contributed by atoms with Crippen LogP contribution in [0.5, 0.6) is 0 Å². The van der Waals surface area contributed by atoms with Crippen LogP contribution in [-0.4, -0.2) is 29.6 Å². The van der Waals surface area contributed by atoms with Crippen LogP contribution in [0.25, 0.3) is 0 Å². The Bertz CT molecular complexity index is 269. The maximum Gasteiger partial charge on any atom is 0.0334 e. The number of nitrogens with zero attached hydrogens (tertiary/aromatic N) is 1. The summed E-state index contributed by atoms with van der Waals surface area (Å²) in [5.74, 6) is 0. The highest BCUT2D eigenvalue weighted by molar-refractivity contribution is 5.02. The molecule has 2 rings (SSSR count). The quantitative estimate of drug-likeness (QED) is 0.816. The van der Waals surface area contributed by atoms with Crippen LogP contribution in [0.3, 0.4) is 0 Å². The summed E-state index contributed by atoms with van der Waals surface area (Å²) in [5.41, 5.74) is 7.27. The van der Waals surface area contributed by atoms with Crippen molar-refractivity contribution in [2.75, 3.05) is 13.1 Å². The molecule has 0 aromatic rings. The summed E-state index contributed by atoms with van der Waals surface area (Å²) in [5, 5.41) is 0. The Kier molecular flexibility index (Phi) is 4.94. The molecule has 0 aliphatic heterocycles. The molecule has 2 heteroatoms. The molecule has 0 atom stereocenters. The lowest BCUT2D eigenvalue weighted by atomic mass is 9.65. The van der Waals surface area contributed by atoms with Gasteiger partial charge in [0.1, 0.15) is 0 Å². The van der Waals surface area contributed by atoms with Gasteiger partial charge in [0.2, 0.25) is 0 Å². The monoisotopic (exact) mass is 266 g/mol. The molecule has 1 spiro atoms. The van der Waals surface area contributed by atoms with E-state index in [-0.39, 0.29) is 0 Å². The average Bonchev–Trinajstić information content (AvgIpc) is 2.86. The van der Waals surface area contributed by atoms with Crippen LogP contribution in [0.1, 0.15) is 78.6 Å². The topological polar surface area (TPSA) is 29.3 Å². The summed E-state index contributed by atoms with van der Waals surface area (Å²) in [7, 11) is 0. The van der Waals surface area contributed by atoms with Gasteiger partial charge < -0.3 is 5.73 Å². The van der Waals surface area contributed by atoms with Crippen LogP contribution >= 0.6 is 0 Å². The molecule has 0 unspecified atom stereocenters. The zero-order valence-corrected chi connectivity index (χ0v) is 13.4. The first kappa shape index (κ1) is 15.3. The van der Waals surface area contributed by atoms with E-state index in [4.69, 9.17) is 5.73 Å². The highest BCUT2D eigenvalue weighted by Crippen LogP contribution is 2.52. The highest BCUT2D eigenvalue weighted by atomic mass is 15.2. The zero-order valence-electron chi connectivity index (χ0n) is 13.4. The number of hydrogen-bond acceptors (Lipinski definition) is 2. The van der Waals surface area contributed by atoms with Gasteiger partial charge in [-0.05, 0) is 70.8 Å². The summed E-state index contributed by atoms with van der Waals surface area (Å²) < 4.78 is 0. The van der Waals surface area contributed by atoms with E-state index in [0.29, 0.717) is 17.0 Å². The van der Waals surface area contributed by atoms with Crippen molar-refractivity contribution in [3.05, 3.63) is 0 Å². The van der Waals surface area contributed by atoms with Gasteiger partial charge in [0.05, 0.1) is 0 Å². The molecule has 2 aliphatic carbocycles. The minimum atomic E-state index is 0.304. The van der Waals surface area contributed by atoms with Crippen molar-refractivity contribution < 1.29 is 0 Å². The Hall–Kier alpha value is -0.0800. The van der Waals surface area contributed by atoms with Crippen LogP contribution in [0.15, 0.2) is 0 Å². The van der Waals surface area contributed by atoms with Gasteiger partial charge in [0.25, 0.3) is 0 Å². The largest absolute Gasteiger partial charge is 0.329 e. The molecule has 0 radical (unpaired) electrons. The van der Waals surface area contributed by atoms with Gasteiger partial charge in [-0.25, -0.2) is 0 Å². The molecular weight excluding hydrogens is 232 g/mol. The SMILES string of the molecule is CCCN(C(C)C)C1(CN)CCC2(CCCC2)CC1. The Morgan fingerprint density at radius 2 is 1.58 bits per heavy atom. The maximum atomic E-state index is 6.25. The molecule has 2 fully saturated rings. The molecule has 0 amide bonds. The standard InChI is InChI=1S/C17H34N2/c1-4-13-19(15(2)3)17(14-18)11-9-16(10-12-17)7-5-6-8-16/h15H,4-14,18H2,1-3H3. The third kappa shape index (κ3) is 3.00. The minimum Gasteiger partial charge on any atom is -0.329 e. The molecule has 0 aromatic heterocycles. The first-order valence-electron chi connectivity index (χ1n) is 8.54. The van der Waals surface area contributed by atoms with Gasteiger partial charge >= 0.3 is 0 Å². The Labute approximate surface area is 120 Å². The first-order chi connectivity index (χ1) is 9.07. The van der Waals surface area contributed by atoms with Crippen molar-refractivity contribution in [2.24, 2.45) is 11.1 Å². The average molecular weight is 266 g/mol. The molecule has 112 valence electrons. The van der Waals surface area contributed by atoms with E-state index in [1.54, 1.807) is 0 Å². The van der Waals surface area contributed by atoms with Gasteiger partial charge in [-0.3, -0.25) is 4.90 Å². The molecule has 2 N–H and O–H groups in total. The second-order valence-electron chi connectivity index (χ2n) is 7.42. The number of nitrogens with two attached hydrogens (primary N) is 1. The predicted molar refractivity (Wildman–Crippen MR) is 83.3 cm³/mol. The van der Waals surface area contributed by atoms with Gasteiger partial charge in [0.15, 0.2) is 0 Å². The van der Waals surface area contributed by atoms with Crippen LogP contribution in [0, 0.1) is 5.41 Å². The molecular formula is C17H34N2. The second kappa shape index (κ2) is 6.13. The highest BCUT2D eigenvalue weighted by Gasteiger charge is 2.46. The fourth-order valence-electron chi connectivity index (χ4n) is 4.76. The van der Waals surface area contributed by atoms with Crippen LogP contribution in [0.2, 0.25) is 0 Å². The summed E-state index contributed by atoms with van der Waals surface area (Å²) in [6, 6.07) is 0.626. The Morgan fingerprint density at radius 1 is 1.00 bits per heavy atom. The van der Waals surface area contributed by atoms with E-state index < -0.39 is 0 Å². The van der Waals surface area contributed by atoms with Crippen molar-refractivity contribution in [2.45, 2.75) is 90.1 Å². The third-order valence-corrected chi connectivity index (χ3v) is 5.98. The van der Waals surface area contributed by atoms with Gasteiger partial charge in [-0.2, -0.15) is 0 Å². The molecule has 0 bridgehead atoms. The van der Waals surface area contributed by atoms with Gasteiger partial charge in [-0.1, -0.05) is 19.8 Å². The molecule has 2 aliphatic rings. The minimum absolute atomic E-state index is 0.304. The lowest BCUT2D eigenvalue weighted by molar-refractivity contribution is -0.00541. The smallest absolute Gasteiger partial charge is 0.0334 e. The first-order valence-corrected chi connectivity index (χ1v) is 8.54. The van der Waals surface area contributed by atoms with E-state index >= 15 is 0 Å². The van der Waals surface area contributed by atoms with E-state index in [1.165, 1.54) is 64.3 Å². The molecule has 0 saturated heterocycles. The number of rotatable bonds is 5. The van der Waals surface area contributed by atoms with Crippen molar-refractivity contribution in [3.8, 4) is 0 Å². The molecule has 0 aromatic carbocycles. The van der Waals surface area contributed by atoms with Crippen molar-refractivity contribution in [3.63, 3.8) is 0 Å². The Balaban J connectivity index is 2.07. The summed E-state index contributed by atoms with van der Waals surface area (Å²) in [6.07, 6.45) is 12.7. The molecule has 2 saturated carbocycles. The lowest BCUT2D eigenvalue weighted by Crippen LogP contribution is -2.59. The summed E-state index contributed by atoms with van der Waals surface area (Å²) in [6.45, 7) is 9.03. The molecule has 19 heavy (non-hydrogen) atoms. The van der Waals surface area contributed by atoms with Crippen LogP contribution in [0.4, 0.5) is 0 Å². The van der Waals surface area contributed by atoms with Gasteiger partial charge in [-0.15, -0.1) is 0 Å². The van der Waals surface area contributed by atoms with Crippen LogP contribution < -0.4 is 5.73 Å². The summed E-state index contributed by atoms with van der Waals surface area (Å²) in [4.78, 5) is 2.72. The maximum absolute atomic E-state index is 6.25. The normalized spacial score (nSPS) is 25.6. The zero-order chi connectivity index (χ0) is 13.9. The van der Waals surface area contributed by atoms with E-state index in [0.717, 1.165) is 6.54 Å². The van der Waals surface area contributed by atoms with Crippen LogP contribution in [-0.2, 0) is 0 Å². The van der Waals surface area contributed by atoms with Crippen molar-refractivity contribution >= 4 is 0 Å². The fraction of sp³-hybridized carbons (Fsp3) is 1.00. The third-order valence-electron chi connectivity index (χ3n) is 5.98.